The van der Waals surface area contributed by atoms with E-state index in [-0.39, 0.29) is 18.0 Å². The van der Waals surface area contributed by atoms with Crippen LogP contribution in [0.2, 0.25) is 0 Å². The number of terminal acetylenes is 1. The predicted molar refractivity (Wildman–Crippen MR) is 97.4 cm³/mol. The Labute approximate surface area is 149 Å². The number of carbonyl (C=O) groups excluding carboxylic acids is 2. The Morgan fingerprint density at radius 1 is 1.28 bits per heavy atom. The van der Waals surface area contributed by atoms with E-state index in [0.717, 1.165) is 5.56 Å². The van der Waals surface area contributed by atoms with E-state index in [0.29, 0.717) is 30.8 Å². The second-order valence-electron chi connectivity index (χ2n) is 7.42. The first-order valence-electron chi connectivity index (χ1n) is 8.49. The van der Waals surface area contributed by atoms with Crippen LogP contribution in [0, 0.1) is 19.3 Å². The van der Waals surface area contributed by atoms with Crippen LogP contribution in [0.15, 0.2) is 18.2 Å². The molecule has 2 amide bonds. The number of piperazine rings is 1. The first-order chi connectivity index (χ1) is 11.6. The maximum absolute atomic E-state index is 12.9. The molecule has 1 fully saturated rings. The van der Waals surface area contributed by atoms with Gasteiger partial charge in [-0.1, -0.05) is 18.1 Å². The van der Waals surface area contributed by atoms with Gasteiger partial charge in [-0.2, -0.15) is 0 Å². The average molecular weight is 342 g/mol. The van der Waals surface area contributed by atoms with Crippen LogP contribution in [0.1, 0.15) is 49.2 Å². The SMILES string of the molecule is C#Cc1c(C)cccc1C(=O)N1CCN(C(=O)OC(C)(C)C)C[C@H]1C. The fourth-order valence-corrected chi connectivity index (χ4v) is 2.94. The third-order valence-corrected chi connectivity index (χ3v) is 4.19. The van der Waals surface area contributed by atoms with Gasteiger partial charge in [0.05, 0.1) is 5.56 Å². The molecule has 1 aliphatic heterocycles. The molecule has 0 N–H and O–H groups in total. The van der Waals surface area contributed by atoms with E-state index in [4.69, 9.17) is 11.2 Å². The van der Waals surface area contributed by atoms with Crippen molar-refractivity contribution in [3.8, 4) is 12.3 Å². The van der Waals surface area contributed by atoms with Crippen LogP contribution in [0.5, 0.6) is 0 Å². The van der Waals surface area contributed by atoms with Gasteiger partial charge in [-0.3, -0.25) is 4.79 Å². The predicted octanol–water partition coefficient (Wildman–Crippen LogP) is 3.06. The fraction of sp³-hybridized carbons (Fsp3) is 0.500. The van der Waals surface area contributed by atoms with E-state index in [1.807, 2.05) is 46.8 Å². The number of hydrogen-bond acceptors (Lipinski definition) is 3. The molecule has 1 saturated heterocycles. The van der Waals surface area contributed by atoms with Gasteiger partial charge in [0.25, 0.3) is 5.91 Å². The van der Waals surface area contributed by atoms with Gasteiger partial charge in [0, 0.05) is 31.2 Å². The van der Waals surface area contributed by atoms with Gasteiger partial charge in [0.2, 0.25) is 0 Å². The molecule has 134 valence electrons. The first kappa shape index (κ1) is 18.9. The van der Waals surface area contributed by atoms with Crippen LogP contribution in [-0.4, -0.2) is 53.1 Å². The van der Waals surface area contributed by atoms with Crippen LogP contribution in [0.3, 0.4) is 0 Å². The second-order valence-corrected chi connectivity index (χ2v) is 7.42. The third kappa shape index (κ3) is 4.33. The normalized spacial score (nSPS) is 17.8. The summed E-state index contributed by atoms with van der Waals surface area (Å²) in [4.78, 5) is 28.6. The van der Waals surface area contributed by atoms with Crippen molar-refractivity contribution in [3.05, 3.63) is 34.9 Å². The zero-order valence-electron chi connectivity index (χ0n) is 15.6. The number of nitrogens with zero attached hydrogens (tertiary/aromatic N) is 2. The summed E-state index contributed by atoms with van der Waals surface area (Å²) in [7, 11) is 0. The van der Waals surface area contributed by atoms with Gasteiger partial charge in [-0.15, -0.1) is 6.42 Å². The van der Waals surface area contributed by atoms with E-state index < -0.39 is 5.60 Å². The number of amides is 2. The van der Waals surface area contributed by atoms with Crippen LogP contribution in [0.4, 0.5) is 4.79 Å². The van der Waals surface area contributed by atoms with Gasteiger partial charge >= 0.3 is 6.09 Å². The monoisotopic (exact) mass is 342 g/mol. The van der Waals surface area contributed by atoms with Crippen molar-refractivity contribution < 1.29 is 14.3 Å². The van der Waals surface area contributed by atoms with Crippen LogP contribution >= 0.6 is 0 Å². The lowest BCUT2D eigenvalue weighted by molar-refractivity contribution is 0.00616. The van der Waals surface area contributed by atoms with Gasteiger partial charge in [-0.05, 0) is 46.2 Å². The Morgan fingerprint density at radius 2 is 1.96 bits per heavy atom. The highest BCUT2D eigenvalue weighted by atomic mass is 16.6. The van der Waals surface area contributed by atoms with Gasteiger partial charge in [0.15, 0.2) is 0 Å². The molecule has 25 heavy (non-hydrogen) atoms. The van der Waals surface area contributed by atoms with Crippen molar-refractivity contribution >= 4 is 12.0 Å². The molecular formula is C20H26N2O3. The molecule has 2 rings (SSSR count). The summed E-state index contributed by atoms with van der Waals surface area (Å²) in [6.07, 6.45) is 5.24. The lowest BCUT2D eigenvalue weighted by Crippen LogP contribution is -2.56. The minimum atomic E-state index is -0.531. The number of hydrogen-bond donors (Lipinski definition) is 0. The highest BCUT2D eigenvalue weighted by molar-refractivity contribution is 5.97. The molecule has 0 bridgehead atoms. The number of benzene rings is 1. The quantitative estimate of drug-likeness (QED) is 0.737. The van der Waals surface area contributed by atoms with Crippen LogP contribution < -0.4 is 0 Å². The van der Waals surface area contributed by atoms with Crippen LogP contribution in [0.25, 0.3) is 0 Å². The lowest BCUT2D eigenvalue weighted by atomic mass is 10.0. The summed E-state index contributed by atoms with van der Waals surface area (Å²) in [5.74, 6) is 2.53. The zero-order chi connectivity index (χ0) is 18.8. The molecule has 0 aliphatic carbocycles. The van der Waals surface area contributed by atoms with Crippen molar-refractivity contribution in [1.29, 1.82) is 0 Å². The van der Waals surface area contributed by atoms with Gasteiger partial charge < -0.3 is 14.5 Å². The number of ether oxygens (including phenoxy) is 1. The number of aryl methyl sites for hydroxylation is 1. The van der Waals surface area contributed by atoms with E-state index in [9.17, 15) is 9.59 Å². The standard InChI is InChI=1S/C20H26N2O3/c1-7-16-14(2)9-8-10-17(16)18(23)22-12-11-21(13-15(22)3)19(24)25-20(4,5)6/h1,8-10,15H,11-13H2,2-6H3/t15-/m1/s1. The van der Waals surface area contributed by atoms with Crippen molar-refractivity contribution in [2.24, 2.45) is 0 Å². The third-order valence-electron chi connectivity index (χ3n) is 4.19. The smallest absolute Gasteiger partial charge is 0.410 e. The fourth-order valence-electron chi connectivity index (χ4n) is 2.94. The molecular weight excluding hydrogens is 316 g/mol. The van der Waals surface area contributed by atoms with Crippen molar-refractivity contribution in [3.63, 3.8) is 0 Å². The Kier molecular flexibility index (Phi) is 5.42. The molecule has 1 aliphatic rings. The summed E-state index contributed by atoms with van der Waals surface area (Å²) in [5.41, 5.74) is 1.55. The minimum Gasteiger partial charge on any atom is -0.444 e. The number of rotatable bonds is 1. The Morgan fingerprint density at radius 3 is 2.52 bits per heavy atom. The topological polar surface area (TPSA) is 49.9 Å². The molecule has 0 spiro atoms. The Hall–Kier alpha value is -2.48. The lowest BCUT2D eigenvalue weighted by Gasteiger charge is -2.40. The summed E-state index contributed by atoms with van der Waals surface area (Å²) < 4.78 is 5.42. The van der Waals surface area contributed by atoms with Gasteiger partial charge in [-0.25, -0.2) is 4.79 Å². The Balaban J connectivity index is 2.12. The second kappa shape index (κ2) is 7.18. The molecule has 1 atom stereocenters. The molecule has 0 radical (unpaired) electrons. The van der Waals surface area contributed by atoms with E-state index in [1.165, 1.54) is 0 Å². The molecule has 0 unspecified atom stereocenters. The number of carbonyl (C=O) groups is 2. The molecule has 1 aromatic rings. The zero-order valence-corrected chi connectivity index (χ0v) is 15.6. The highest BCUT2D eigenvalue weighted by Gasteiger charge is 2.33. The van der Waals surface area contributed by atoms with Crippen LogP contribution in [-0.2, 0) is 4.74 Å². The first-order valence-corrected chi connectivity index (χ1v) is 8.49. The molecule has 0 aromatic heterocycles. The van der Waals surface area contributed by atoms with Gasteiger partial charge in [0.1, 0.15) is 5.60 Å². The van der Waals surface area contributed by atoms with E-state index in [2.05, 4.69) is 5.92 Å². The average Bonchev–Trinajstić information content (AvgIpc) is 2.52. The molecule has 1 aromatic carbocycles. The van der Waals surface area contributed by atoms with Crippen molar-refractivity contribution in [2.45, 2.75) is 46.3 Å². The summed E-state index contributed by atoms with van der Waals surface area (Å²) in [6, 6.07) is 5.39. The summed E-state index contributed by atoms with van der Waals surface area (Å²) in [5, 5.41) is 0. The summed E-state index contributed by atoms with van der Waals surface area (Å²) in [6.45, 7) is 10.7. The minimum absolute atomic E-state index is 0.0898. The maximum Gasteiger partial charge on any atom is 0.410 e. The molecule has 5 nitrogen and oxygen atoms in total. The Bertz CT molecular complexity index is 713. The highest BCUT2D eigenvalue weighted by Crippen LogP contribution is 2.20. The molecule has 5 heteroatoms. The van der Waals surface area contributed by atoms with E-state index >= 15 is 0 Å². The van der Waals surface area contributed by atoms with E-state index in [1.54, 1.807) is 15.9 Å². The molecule has 0 saturated carbocycles. The maximum atomic E-state index is 12.9. The summed E-state index contributed by atoms with van der Waals surface area (Å²) >= 11 is 0. The largest absolute Gasteiger partial charge is 0.444 e. The van der Waals surface area contributed by atoms with Crippen molar-refractivity contribution in [1.82, 2.24) is 9.80 Å². The molecule has 1 heterocycles. The van der Waals surface area contributed by atoms with Crippen molar-refractivity contribution in [2.75, 3.05) is 19.6 Å².